The molecule has 1 aliphatic heterocycles. The molecule has 2 N–H and O–H groups in total. The standard InChI is InChI=1S/C16H23N3O2/c1-3-21-15-7-4-14(5-8-15)6-9-16(20)17-19-12-10-18(2)11-13-19/h4-9H,3,10-13H2,1-2H3,(H,17,20)/p+1/b9-6+. The number of carbonyl (C=O) groups is 1. The van der Waals surface area contributed by atoms with Crippen LogP contribution in [0.15, 0.2) is 30.3 Å². The molecule has 0 aliphatic carbocycles. The van der Waals surface area contributed by atoms with Gasteiger partial charge in [-0.25, -0.2) is 5.01 Å². The summed E-state index contributed by atoms with van der Waals surface area (Å²) in [5.74, 6) is 0.766. The Kier molecular flexibility index (Phi) is 5.78. The van der Waals surface area contributed by atoms with Gasteiger partial charge in [0.2, 0.25) is 0 Å². The summed E-state index contributed by atoms with van der Waals surface area (Å²) in [5.41, 5.74) is 3.89. The number of likely N-dealkylation sites (N-methyl/N-ethyl adjacent to an activating group) is 1. The highest BCUT2D eigenvalue weighted by atomic mass is 16.5. The van der Waals surface area contributed by atoms with Crippen molar-refractivity contribution < 1.29 is 14.4 Å². The minimum atomic E-state index is -0.0802. The summed E-state index contributed by atoms with van der Waals surface area (Å²) in [5, 5.41) is 1.98. The molecule has 0 radical (unpaired) electrons. The van der Waals surface area contributed by atoms with Crippen molar-refractivity contribution in [3.63, 3.8) is 0 Å². The number of benzene rings is 1. The molecule has 5 heteroatoms. The van der Waals surface area contributed by atoms with Gasteiger partial charge >= 0.3 is 0 Å². The number of hydrazine groups is 1. The topological polar surface area (TPSA) is 46.0 Å². The van der Waals surface area contributed by atoms with Crippen LogP contribution in [-0.4, -0.2) is 50.7 Å². The maximum atomic E-state index is 11.9. The largest absolute Gasteiger partial charge is 0.494 e. The lowest BCUT2D eigenvalue weighted by atomic mass is 10.2. The number of nitrogens with zero attached hydrogens (tertiary/aromatic N) is 1. The van der Waals surface area contributed by atoms with Crippen LogP contribution < -0.4 is 15.1 Å². The zero-order valence-corrected chi connectivity index (χ0v) is 12.8. The Bertz CT molecular complexity index is 477. The number of quaternary nitrogens is 1. The number of amides is 1. The zero-order valence-electron chi connectivity index (χ0n) is 12.8. The molecule has 114 valence electrons. The fraction of sp³-hybridized carbons (Fsp3) is 0.438. The number of hydrogen-bond donors (Lipinski definition) is 2. The number of rotatable bonds is 5. The predicted molar refractivity (Wildman–Crippen MR) is 83.0 cm³/mol. The van der Waals surface area contributed by atoms with E-state index in [-0.39, 0.29) is 5.91 Å². The van der Waals surface area contributed by atoms with Crippen LogP contribution in [0.5, 0.6) is 5.75 Å². The molecule has 1 aliphatic rings. The SMILES string of the molecule is CCOc1ccc(/C=C/C(=O)NN2CC[NH+](C)CC2)cc1. The molecule has 1 fully saturated rings. The summed E-state index contributed by atoms with van der Waals surface area (Å²) in [7, 11) is 2.17. The molecule has 1 aromatic carbocycles. The van der Waals surface area contributed by atoms with Crippen LogP contribution in [0.3, 0.4) is 0 Å². The fourth-order valence-corrected chi connectivity index (χ4v) is 2.21. The van der Waals surface area contributed by atoms with E-state index in [0.717, 1.165) is 37.5 Å². The predicted octanol–water partition coefficient (Wildman–Crippen LogP) is -0.0400. The van der Waals surface area contributed by atoms with Crippen LogP contribution in [0.1, 0.15) is 12.5 Å². The van der Waals surface area contributed by atoms with Gasteiger partial charge in [0.15, 0.2) is 0 Å². The average molecular weight is 290 g/mol. The van der Waals surface area contributed by atoms with Crippen LogP contribution in [-0.2, 0) is 4.79 Å². The molecule has 0 unspecified atom stereocenters. The van der Waals surface area contributed by atoms with Crippen LogP contribution in [0.25, 0.3) is 6.08 Å². The van der Waals surface area contributed by atoms with Gasteiger partial charge in [0.25, 0.3) is 5.91 Å². The van der Waals surface area contributed by atoms with Crippen molar-refractivity contribution in [3.05, 3.63) is 35.9 Å². The van der Waals surface area contributed by atoms with Gasteiger partial charge in [-0.05, 0) is 30.7 Å². The van der Waals surface area contributed by atoms with Crippen molar-refractivity contribution >= 4 is 12.0 Å². The summed E-state index contributed by atoms with van der Waals surface area (Å²) < 4.78 is 5.38. The first-order chi connectivity index (χ1) is 10.2. The van der Waals surface area contributed by atoms with E-state index in [0.29, 0.717) is 6.61 Å². The van der Waals surface area contributed by atoms with E-state index in [1.807, 2.05) is 42.3 Å². The van der Waals surface area contributed by atoms with E-state index in [2.05, 4.69) is 12.5 Å². The normalized spacial score (nSPS) is 17.0. The van der Waals surface area contributed by atoms with Crippen LogP contribution >= 0.6 is 0 Å². The van der Waals surface area contributed by atoms with Gasteiger partial charge in [0, 0.05) is 6.08 Å². The first kappa shape index (κ1) is 15.5. The van der Waals surface area contributed by atoms with Crippen molar-refractivity contribution in [2.24, 2.45) is 0 Å². The summed E-state index contributed by atoms with van der Waals surface area (Å²) in [6.45, 7) is 6.52. The highest BCUT2D eigenvalue weighted by Crippen LogP contribution is 2.12. The number of ether oxygens (including phenoxy) is 1. The fourth-order valence-electron chi connectivity index (χ4n) is 2.21. The first-order valence-electron chi connectivity index (χ1n) is 7.45. The lowest BCUT2D eigenvalue weighted by molar-refractivity contribution is -0.884. The van der Waals surface area contributed by atoms with E-state index in [4.69, 9.17) is 4.74 Å². The number of piperazine rings is 1. The zero-order chi connectivity index (χ0) is 15.1. The number of nitrogens with one attached hydrogen (secondary N) is 2. The second kappa shape index (κ2) is 7.81. The minimum Gasteiger partial charge on any atom is -0.494 e. The molecular formula is C16H24N3O2+. The molecule has 1 heterocycles. The van der Waals surface area contributed by atoms with Gasteiger partial charge < -0.3 is 9.64 Å². The molecule has 1 amide bonds. The average Bonchev–Trinajstić information content (AvgIpc) is 2.49. The number of hydrogen-bond acceptors (Lipinski definition) is 3. The molecule has 2 rings (SSSR count). The molecule has 1 saturated heterocycles. The molecule has 0 spiro atoms. The van der Waals surface area contributed by atoms with E-state index in [9.17, 15) is 4.79 Å². The Morgan fingerprint density at radius 1 is 1.33 bits per heavy atom. The highest BCUT2D eigenvalue weighted by Gasteiger charge is 2.16. The summed E-state index contributed by atoms with van der Waals surface area (Å²) in [6, 6.07) is 7.69. The molecule has 1 aromatic rings. The Morgan fingerprint density at radius 3 is 2.62 bits per heavy atom. The maximum Gasteiger partial charge on any atom is 0.258 e. The Labute approximate surface area is 126 Å². The van der Waals surface area contributed by atoms with Crippen LogP contribution in [0.4, 0.5) is 0 Å². The maximum absolute atomic E-state index is 11.9. The summed E-state index contributed by atoms with van der Waals surface area (Å²) in [4.78, 5) is 13.4. The van der Waals surface area contributed by atoms with Gasteiger partial charge in [0.05, 0.1) is 39.8 Å². The van der Waals surface area contributed by atoms with Gasteiger partial charge in [-0.3, -0.25) is 10.2 Å². The Morgan fingerprint density at radius 2 is 2.00 bits per heavy atom. The smallest absolute Gasteiger partial charge is 0.258 e. The summed E-state index contributed by atoms with van der Waals surface area (Å²) >= 11 is 0. The van der Waals surface area contributed by atoms with Crippen molar-refractivity contribution in [3.8, 4) is 5.75 Å². The Balaban J connectivity index is 1.81. The Hall–Kier alpha value is -1.85. The molecule has 5 nitrogen and oxygen atoms in total. The van der Waals surface area contributed by atoms with E-state index >= 15 is 0 Å². The van der Waals surface area contributed by atoms with Crippen molar-refractivity contribution in [2.75, 3.05) is 39.8 Å². The van der Waals surface area contributed by atoms with Gasteiger partial charge in [0.1, 0.15) is 5.75 Å². The lowest BCUT2D eigenvalue weighted by Crippen LogP contribution is -3.12. The van der Waals surface area contributed by atoms with Crippen molar-refractivity contribution in [1.29, 1.82) is 0 Å². The van der Waals surface area contributed by atoms with Gasteiger partial charge in [-0.2, -0.15) is 0 Å². The van der Waals surface area contributed by atoms with Crippen molar-refractivity contribution in [2.45, 2.75) is 6.92 Å². The van der Waals surface area contributed by atoms with Crippen molar-refractivity contribution in [1.82, 2.24) is 10.4 Å². The van der Waals surface area contributed by atoms with Crippen LogP contribution in [0.2, 0.25) is 0 Å². The lowest BCUT2D eigenvalue weighted by Gasteiger charge is -2.29. The summed E-state index contributed by atoms with van der Waals surface area (Å²) in [6.07, 6.45) is 3.38. The molecule has 0 atom stereocenters. The molecule has 0 bridgehead atoms. The van der Waals surface area contributed by atoms with Gasteiger partial charge in [-0.1, -0.05) is 12.1 Å². The van der Waals surface area contributed by atoms with E-state index < -0.39 is 0 Å². The minimum absolute atomic E-state index is 0.0802. The third kappa shape index (κ3) is 5.21. The molecular weight excluding hydrogens is 266 g/mol. The van der Waals surface area contributed by atoms with E-state index in [1.54, 1.807) is 6.08 Å². The highest BCUT2D eigenvalue weighted by molar-refractivity contribution is 5.91. The first-order valence-corrected chi connectivity index (χ1v) is 7.45. The van der Waals surface area contributed by atoms with Gasteiger partial charge in [-0.15, -0.1) is 0 Å². The van der Waals surface area contributed by atoms with Crippen LogP contribution in [0, 0.1) is 0 Å². The molecule has 0 aromatic heterocycles. The second-order valence-electron chi connectivity index (χ2n) is 5.26. The van der Waals surface area contributed by atoms with E-state index in [1.165, 1.54) is 4.90 Å². The molecule has 21 heavy (non-hydrogen) atoms. The third-order valence-electron chi connectivity index (χ3n) is 3.50. The monoisotopic (exact) mass is 290 g/mol. The second-order valence-corrected chi connectivity index (χ2v) is 5.26. The quantitative estimate of drug-likeness (QED) is 0.748. The number of carbonyl (C=O) groups excluding carboxylic acids is 1. The molecule has 0 saturated carbocycles. The third-order valence-corrected chi connectivity index (χ3v) is 3.50.